The molecule has 0 N–H and O–H groups in total. The normalized spacial score (nSPS) is 14.7. The van der Waals surface area contributed by atoms with Crippen LogP contribution in [0.1, 0.15) is 0 Å². The van der Waals surface area contributed by atoms with Crippen LogP contribution in [0.3, 0.4) is 0 Å². The van der Waals surface area contributed by atoms with Crippen molar-refractivity contribution < 1.29 is 0 Å². The van der Waals surface area contributed by atoms with Crippen LogP contribution in [0.25, 0.3) is 0 Å². The molecule has 0 amide bonds. The van der Waals surface area contributed by atoms with Crippen LogP contribution < -0.4 is 0 Å². The van der Waals surface area contributed by atoms with Crippen molar-refractivity contribution in [3.05, 3.63) is 9.64 Å². The summed E-state index contributed by atoms with van der Waals surface area (Å²) in [4.78, 5) is -0.355. The van der Waals surface area contributed by atoms with Gasteiger partial charge < -0.3 is 0 Å². The minimum atomic E-state index is -3.68. The lowest BCUT2D eigenvalue weighted by atomic mass is 11.2. The molecule has 0 aliphatic rings. The fourth-order valence-corrected chi connectivity index (χ4v) is 41.3. The van der Waals surface area contributed by atoms with Gasteiger partial charge >= 0.3 is 24.0 Å². The lowest BCUT2D eigenvalue weighted by Gasteiger charge is -2.29. The van der Waals surface area contributed by atoms with Crippen LogP contribution in [0.4, 0.5) is 0 Å². The van der Waals surface area contributed by atoms with E-state index in [0.717, 1.165) is 0 Å². The molecule has 0 aliphatic heterocycles. The molecule has 0 unspecified atom stereocenters. The predicted octanol–water partition coefficient (Wildman–Crippen LogP) is 7.06. The molecule has 0 fully saturated rings. The van der Waals surface area contributed by atoms with Crippen LogP contribution in [0.15, 0.2) is 9.64 Å². The predicted molar refractivity (Wildman–Crippen MR) is 100 cm³/mol. The summed E-state index contributed by atoms with van der Waals surface area (Å²) in [5.74, 6) is 0. The van der Waals surface area contributed by atoms with Gasteiger partial charge in [-0.1, -0.05) is 0 Å². The summed E-state index contributed by atoms with van der Waals surface area (Å²) in [6.45, 7) is 0. The zero-order valence-electron chi connectivity index (χ0n) is 7.54. The van der Waals surface area contributed by atoms with Crippen molar-refractivity contribution in [1.29, 1.82) is 0 Å². The first-order chi connectivity index (χ1) is 7.49. The topological polar surface area (TPSA) is 0 Å². The summed E-state index contributed by atoms with van der Waals surface area (Å²) >= 11 is 70.5. The molecule has 108 valence electrons. The molecular formula is C2Cl12Si4. The molecule has 0 nitrogen and oxygen atoms in total. The Morgan fingerprint density at radius 2 is 0.444 bits per heavy atom. The molecule has 0 spiro atoms. The summed E-state index contributed by atoms with van der Waals surface area (Å²) in [5, 5.41) is 0. The maximum Gasteiger partial charge on any atom is 0.368 e. The average Bonchev–Trinajstić information content (AvgIpc) is 1.89. The molecule has 0 aromatic heterocycles. The van der Waals surface area contributed by atoms with Crippen LogP contribution in [-0.2, 0) is 0 Å². The molecule has 0 atom stereocenters. The number of hydrogen-bond acceptors (Lipinski definition) is 0. The highest BCUT2D eigenvalue weighted by Crippen LogP contribution is 2.51. The summed E-state index contributed by atoms with van der Waals surface area (Å²) in [6, 6.07) is -14.7. The number of rotatable bonds is 4. The second-order valence-corrected chi connectivity index (χ2v) is 37.1. The quantitative estimate of drug-likeness (QED) is 0.255. The van der Waals surface area contributed by atoms with Crippen molar-refractivity contribution in [3.63, 3.8) is 0 Å². The molecule has 0 aromatic carbocycles. The zero-order valence-corrected chi connectivity index (χ0v) is 20.6. The van der Waals surface area contributed by atoms with Crippen molar-refractivity contribution in [2.24, 2.45) is 0 Å². The molecule has 0 aliphatic carbocycles. The highest BCUT2D eigenvalue weighted by Gasteiger charge is 2.57. The molecule has 0 bridgehead atoms. The van der Waals surface area contributed by atoms with Gasteiger partial charge in [0.1, 0.15) is 0 Å². The van der Waals surface area contributed by atoms with E-state index in [2.05, 4.69) is 0 Å². The molecular weight excluding hydrogens is 562 g/mol. The Hall–Kier alpha value is 4.09. The van der Waals surface area contributed by atoms with E-state index in [0.29, 0.717) is 0 Å². The molecule has 0 aromatic rings. The van der Waals surface area contributed by atoms with Gasteiger partial charge in [-0.2, -0.15) is 0 Å². The lowest BCUT2D eigenvalue weighted by Crippen LogP contribution is -2.42. The summed E-state index contributed by atoms with van der Waals surface area (Å²) < 4.78 is 0. The second kappa shape index (κ2) is 7.32. The number of halogens is 12. The Bertz CT molecular complexity index is 269. The van der Waals surface area contributed by atoms with E-state index in [-0.39, 0.29) is 9.64 Å². The van der Waals surface area contributed by atoms with Crippen LogP contribution in [0, 0.1) is 0 Å². The van der Waals surface area contributed by atoms with Crippen molar-refractivity contribution in [1.82, 2.24) is 0 Å². The van der Waals surface area contributed by atoms with Crippen LogP contribution in [0.5, 0.6) is 0 Å². The number of hydrogen-bond donors (Lipinski definition) is 0. The van der Waals surface area contributed by atoms with E-state index in [4.69, 9.17) is 133 Å². The largest absolute Gasteiger partial charge is 0.368 e. The first kappa shape index (κ1) is 22.1. The monoisotopic (exact) mass is 556 g/mol. The van der Waals surface area contributed by atoms with Gasteiger partial charge in [-0.25, -0.2) is 0 Å². The van der Waals surface area contributed by atoms with Crippen molar-refractivity contribution in [3.8, 4) is 0 Å². The highest BCUT2D eigenvalue weighted by molar-refractivity contribution is 7.84. The fourth-order valence-electron chi connectivity index (χ4n) is 0.888. The molecule has 0 heterocycles. The summed E-state index contributed by atoms with van der Waals surface area (Å²) in [5.41, 5.74) is 0. The highest BCUT2D eigenvalue weighted by atomic mass is 35.9. The minimum Gasteiger partial charge on any atom is -0.121 e. The maximum absolute atomic E-state index is 5.88. The average molecular weight is 562 g/mol. The smallest absolute Gasteiger partial charge is 0.121 e. The third kappa shape index (κ3) is 7.11. The Kier molecular flexibility index (Phi) is 8.99. The SMILES string of the molecule is Cl[Si](Cl)(Cl)C(=C([Si](Cl)(Cl)Cl)[Si](Cl)(Cl)Cl)[Si](Cl)(Cl)Cl. The maximum atomic E-state index is 5.88. The molecule has 16 heteroatoms. The Morgan fingerprint density at radius 1 is 0.333 bits per heavy atom. The standard InChI is InChI=1S/C2Cl12Si4/c3-15(4,5)1(16(6,7)8)2(17(9,10)11)18(12,13)14. The summed E-state index contributed by atoms with van der Waals surface area (Å²) in [7, 11) is 0. The molecule has 0 rings (SSSR count). The fraction of sp³-hybridized carbons (Fsp3) is 0. The zero-order chi connectivity index (χ0) is 15.2. The molecule has 0 saturated heterocycles. The summed E-state index contributed by atoms with van der Waals surface area (Å²) in [6.07, 6.45) is 0. The van der Waals surface area contributed by atoms with Gasteiger partial charge in [0.2, 0.25) is 0 Å². The van der Waals surface area contributed by atoms with Crippen LogP contribution in [-0.4, -0.2) is 24.0 Å². The van der Waals surface area contributed by atoms with Gasteiger partial charge in [0.25, 0.3) is 0 Å². The van der Waals surface area contributed by atoms with Gasteiger partial charge in [0.15, 0.2) is 0 Å². The minimum absolute atomic E-state index is 0.177. The van der Waals surface area contributed by atoms with Gasteiger partial charge in [-0.05, 0) is 9.64 Å². The third-order valence-electron chi connectivity index (χ3n) is 1.38. The van der Waals surface area contributed by atoms with Gasteiger partial charge in [0.05, 0.1) is 0 Å². The van der Waals surface area contributed by atoms with E-state index in [1.807, 2.05) is 0 Å². The van der Waals surface area contributed by atoms with Gasteiger partial charge in [0, 0.05) is 0 Å². The van der Waals surface area contributed by atoms with Crippen molar-refractivity contribution in [2.75, 3.05) is 0 Å². The van der Waals surface area contributed by atoms with Gasteiger partial charge in [-0.3, -0.25) is 0 Å². The molecule has 0 saturated carbocycles. The second-order valence-electron chi connectivity index (χ2n) is 2.74. The van der Waals surface area contributed by atoms with E-state index in [1.165, 1.54) is 0 Å². The van der Waals surface area contributed by atoms with Crippen molar-refractivity contribution >= 4 is 157 Å². The Morgan fingerprint density at radius 3 is 0.500 bits per heavy atom. The van der Waals surface area contributed by atoms with Crippen LogP contribution in [0.2, 0.25) is 0 Å². The van der Waals surface area contributed by atoms with E-state index < -0.39 is 24.0 Å². The molecule has 18 heavy (non-hydrogen) atoms. The van der Waals surface area contributed by atoms with E-state index in [1.54, 1.807) is 0 Å². The van der Waals surface area contributed by atoms with Crippen LogP contribution >= 0.6 is 133 Å². The Labute approximate surface area is 164 Å². The third-order valence-corrected chi connectivity index (χ3v) is 22.7. The van der Waals surface area contributed by atoms with Crippen molar-refractivity contribution in [2.45, 2.75) is 0 Å². The first-order valence-corrected chi connectivity index (χ1v) is 23.7. The van der Waals surface area contributed by atoms with E-state index in [9.17, 15) is 0 Å². The first-order valence-electron chi connectivity index (χ1n) is 3.52. The lowest BCUT2D eigenvalue weighted by molar-refractivity contribution is 2.11. The Balaban J connectivity index is 6.44. The molecule has 0 radical (unpaired) electrons. The van der Waals surface area contributed by atoms with Gasteiger partial charge in [-0.15, -0.1) is 133 Å². The van der Waals surface area contributed by atoms with E-state index >= 15 is 0 Å².